The van der Waals surface area contributed by atoms with E-state index in [1.54, 1.807) is 19.2 Å². The lowest BCUT2D eigenvalue weighted by Crippen LogP contribution is -2.51. The molecule has 0 spiro atoms. The van der Waals surface area contributed by atoms with Crippen LogP contribution in [0.4, 0.5) is 0 Å². The van der Waals surface area contributed by atoms with Gasteiger partial charge in [0.15, 0.2) is 0 Å². The Morgan fingerprint density at radius 2 is 1.93 bits per heavy atom. The van der Waals surface area contributed by atoms with Gasteiger partial charge in [0.05, 0.1) is 7.11 Å². The monoisotopic (exact) mass is 377 g/mol. The molecule has 1 aliphatic heterocycles. The lowest BCUT2D eigenvalue weighted by Gasteiger charge is -2.34. The van der Waals surface area contributed by atoms with Gasteiger partial charge in [0, 0.05) is 24.6 Å². The Morgan fingerprint density at radius 1 is 1.14 bits per heavy atom. The summed E-state index contributed by atoms with van der Waals surface area (Å²) < 4.78 is 10.5. The number of rotatable bonds is 4. The van der Waals surface area contributed by atoms with E-state index >= 15 is 0 Å². The fraction of sp³-hybridized carbons (Fsp3) is 0.190. The van der Waals surface area contributed by atoms with Gasteiger partial charge in [0.2, 0.25) is 11.7 Å². The molecule has 0 saturated carbocycles. The Labute approximate surface area is 161 Å². The summed E-state index contributed by atoms with van der Waals surface area (Å²) in [4.78, 5) is 26.5. The minimum absolute atomic E-state index is 0.0588. The number of amides is 2. The zero-order valence-electron chi connectivity index (χ0n) is 15.3. The van der Waals surface area contributed by atoms with Crippen molar-refractivity contribution < 1.29 is 18.8 Å². The minimum Gasteiger partial charge on any atom is -0.497 e. The molecule has 2 aromatic carbocycles. The highest BCUT2D eigenvalue weighted by Gasteiger charge is 2.35. The summed E-state index contributed by atoms with van der Waals surface area (Å²) in [6, 6.07) is 15.8. The first-order chi connectivity index (χ1) is 13.6. The standard InChI is InChI=1S/C21H19N3O4/c1-27-16-8-4-7-14(9-16)17-11-19(28-23-17)21(26)24-12-15-6-3-2-5-13(15)10-18(24)20(22)25/h2-9,11,18H,10,12H2,1H3,(H2,22,25). The molecule has 2 N–H and O–H groups in total. The molecule has 28 heavy (non-hydrogen) atoms. The van der Waals surface area contributed by atoms with Crippen LogP contribution in [0.15, 0.2) is 59.1 Å². The van der Waals surface area contributed by atoms with Crippen LogP contribution in [0.1, 0.15) is 21.7 Å². The van der Waals surface area contributed by atoms with E-state index < -0.39 is 17.9 Å². The van der Waals surface area contributed by atoms with Gasteiger partial charge in [-0.05, 0) is 23.3 Å². The number of ether oxygens (including phenoxy) is 1. The highest BCUT2D eigenvalue weighted by atomic mass is 16.5. The van der Waals surface area contributed by atoms with Crippen molar-refractivity contribution in [2.45, 2.75) is 19.0 Å². The smallest absolute Gasteiger partial charge is 0.293 e. The van der Waals surface area contributed by atoms with Crippen LogP contribution >= 0.6 is 0 Å². The lowest BCUT2D eigenvalue weighted by molar-refractivity contribution is -0.122. The van der Waals surface area contributed by atoms with Crippen LogP contribution in [-0.4, -0.2) is 35.0 Å². The van der Waals surface area contributed by atoms with Crippen molar-refractivity contribution in [2.24, 2.45) is 5.73 Å². The Kier molecular flexibility index (Phi) is 4.57. The summed E-state index contributed by atoms with van der Waals surface area (Å²) in [7, 11) is 1.58. The molecule has 1 aromatic heterocycles. The molecule has 142 valence electrons. The average Bonchev–Trinajstić information content (AvgIpc) is 3.22. The van der Waals surface area contributed by atoms with Crippen LogP contribution in [0.5, 0.6) is 5.75 Å². The largest absolute Gasteiger partial charge is 0.497 e. The van der Waals surface area contributed by atoms with Crippen LogP contribution < -0.4 is 10.5 Å². The van der Waals surface area contributed by atoms with E-state index in [1.807, 2.05) is 42.5 Å². The second-order valence-electron chi connectivity index (χ2n) is 6.63. The number of benzene rings is 2. The zero-order chi connectivity index (χ0) is 19.7. The molecule has 0 saturated heterocycles. The van der Waals surface area contributed by atoms with E-state index in [0.717, 1.165) is 16.7 Å². The van der Waals surface area contributed by atoms with Crippen LogP contribution in [-0.2, 0) is 17.8 Å². The van der Waals surface area contributed by atoms with Gasteiger partial charge in [-0.25, -0.2) is 0 Å². The van der Waals surface area contributed by atoms with Crippen molar-refractivity contribution in [3.05, 3.63) is 71.5 Å². The van der Waals surface area contributed by atoms with E-state index in [-0.39, 0.29) is 12.3 Å². The summed E-state index contributed by atoms with van der Waals surface area (Å²) >= 11 is 0. The van der Waals surface area contributed by atoms with Gasteiger partial charge >= 0.3 is 0 Å². The number of nitrogens with two attached hydrogens (primary N) is 1. The average molecular weight is 377 g/mol. The number of methoxy groups -OCH3 is 1. The number of fused-ring (bicyclic) bond motifs is 1. The predicted molar refractivity (Wildman–Crippen MR) is 101 cm³/mol. The van der Waals surface area contributed by atoms with E-state index in [2.05, 4.69) is 5.16 Å². The van der Waals surface area contributed by atoms with Gasteiger partial charge in [0.1, 0.15) is 17.5 Å². The minimum atomic E-state index is -0.729. The molecule has 7 heteroatoms. The maximum absolute atomic E-state index is 13.1. The first-order valence-corrected chi connectivity index (χ1v) is 8.85. The van der Waals surface area contributed by atoms with Crippen LogP contribution in [0, 0.1) is 0 Å². The summed E-state index contributed by atoms with van der Waals surface area (Å²) in [6.07, 6.45) is 0.383. The van der Waals surface area contributed by atoms with E-state index in [1.165, 1.54) is 4.90 Å². The fourth-order valence-electron chi connectivity index (χ4n) is 3.43. The third kappa shape index (κ3) is 3.22. The Bertz CT molecular complexity index is 1040. The molecule has 0 bridgehead atoms. The molecule has 2 heterocycles. The normalized spacial score (nSPS) is 15.8. The molecular formula is C21H19N3O4. The van der Waals surface area contributed by atoms with Gasteiger partial charge in [-0.3, -0.25) is 9.59 Å². The second-order valence-corrected chi connectivity index (χ2v) is 6.63. The van der Waals surface area contributed by atoms with Crippen LogP contribution in [0.25, 0.3) is 11.3 Å². The van der Waals surface area contributed by atoms with Crippen LogP contribution in [0.2, 0.25) is 0 Å². The molecule has 0 radical (unpaired) electrons. The molecular weight excluding hydrogens is 358 g/mol. The number of nitrogens with zero attached hydrogens (tertiary/aromatic N) is 2. The number of aromatic nitrogens is 1. The van der Waals surface area contributed by atoms with Crippen molar-refractivity contribution in [2.75, 3.05) is 7.11 Å². The first-order valence-electron chi connectivity index (χ1n) is 8.85. The van der Waals surface area contributed by atoms with Crippen molar-refractivity contribution in [3.8, 4) is 17.0 Å². The molecule has 7 nitrogen and oxygen atoms in total. The third-order valence-electron chi connectivity index (χ3n) is 4.92. The molecule has 1 atom stereocenters. The molecule has 2 amide bonds. The quantitative estimate of drug-likeness (QED) is 0.753. The van der Waals surface area contributed by atoms with Crippen molar-refractivity contribution >= 4 is 11.8 Å². The zero-order valence-corrected chi connectivity index (χ0v) is 15.3. The molecule has 1 aliphatic rings. The molecule has 3 aromatic rings. The Hall–Kier alpha value is -3.61. The maximum atomic E-state index is 13.1. The predicted octanol–water partition coefficient (Wildman–Crippen LogP) is 2.40. The number of carbonyl (C=O) groups excluding carboxylic acids is 2. The van der Waals surface area contributed by atoms with E-state index in [0.29, 0.717) is 17.9 Å². The second kappa shape index (κ2) is 7.19. The summed E-state index contributed by atoms with van der Waals surface area (Å²) in [5.41, 5.74) is 8.84. The number of hydrogen-bond acceptors (Lipinski definition) is 5. The molecule has 1 unspecified atom stereocenters. The summed E-state index contributed by atoms with van der Waals surface area (Å²) in [5, 5.41) is 4.00. The highest BCUT2D eigenvalue weighted by molar-refractivity contribution is 5.96. The van der Waals surface area contributed by atoms with E-state index in [9.17, 15) is 9.59 Å². The van der Waals surface area contributed by atoms with Gasteiger partial charge < -0.3 is 19.9 Å². The Morgan fingerprint density at radius 3 is 2.68 bits per heavy atom. The molecule has 0 aliphatic carbocycles. The number of hydrogen-bond donors (Lipinski definition) is 1. The highest BCUT2D eigenvalue weighted by Crippen LogP contribution is 2.27. The van der Waals surface area contributed by atoms with Crippen molar-refractivity contribution in [3.63, 3.8) is 0 Å². The summed E-state index contributed by atoms with van der Waals surface area (Å²) in [6.45, 7) is 0.289. The van der Waals surface area contributed by atoms with E-state index in [4.69, 9.17) is 15.0 Å². The molecule has 0 fully saturated rings. The van der Waals surface area contributed by atoms with Crippen molar-refractivity contribution in [1.82, 2.24) is 10.1 Å². The van der Waals surface area contributed by atoms with Gasteiger partial charge in [-0.2, -0.15) is 0 Å². The number of carbonyl (C=O) groups is 2. The fourth-order valence-corrected chi connectivity index (χ4v) is 3.43. The lowest BCUT2D eigenvalue weighted by atomic mass is 9.93. The number of primary amides is 1. The van der Waals surface area contributed by atoms with Gasteiger partial charge in [-0.1, -0.05) is 41.6 Å². The molecule has 4 rings (SSSR count). The third-order valence-corrected chi connectivity index (χ3v) is 4.92. The van der Waals surface area contributed by atoms with Crippen LogP contribution in [0.3, 0.4) is 0 Å². The first kappa shape index (κ1) is 17.8. The maximum Gasteiger partial charge on any atom is 0.293 e. The van der Waals surface area contributed by atoms with Gasteiger partial charge in [0.25, 0.3) is 5.91 Å². The Balaban J connectivity index is 1.63. The summed E-state index contributed by atoms with van der Waals surface area (Å²) in [5.74, 6) is -0.228. The SMILES string of the molecule is COc1cccc(-c2cc(C(=O)N3Cc4ccccc4CC3C(N)=O)on2)c1. The van der Waals surface area contributed by atoms with Gasteiger partial charge in [-0.15, -0.1) is 0 Å². The topological polar surface area (TPSA) is 98.7 Å². The van der Waals surface area contributed by atoms with Crippen molar-refractivity contribution in [1.29, 1.82) is 0 Å².